The van der Waals surface area contributed by atoms with Gasteiger partial charge in [-0.3, -0.25) is 4.79 Å². The van der Waals surface area contributed by atoms with E-state index < -0.39 is 0 Å². The van der Waals surface area contributed by atoms with E-state index in [0.29, 0.717) is 39.0 Å². The highest BCUT2D eigenvalue weighted by atomic mass is 16.5. The molecule has 0 N–H and O–H groups in total. The van der Waals surface area contributed by atoms with Crippen molar-refractivity contribution in [2.24, 2.45) is 0 Å². The molecule has 0 amide bonds. The predicted molar refractivity (Wildman–Crippen MR) is 149 cm³/mol. The smallest absolute Gasteiger partial charge is 0.306 e. The molecule has 2 aliphatic rings. The normalized spacial score (nSPS) is 16.6. The number of carbonyl (C=O) groups excluding carboxylic acids is 1. The lowest BCUT2D eigenvalue weighted by Gasteiger charge is -2.41. The summed E-state index contributed by atoms with van der Waals surface area (Å²) >= 11 is 0. The standard InChI is InChI=1S/C33H38O5/c1-4-36-31(34)19-33(21-35-22-33)27-12-14-28(15-13-27)37-20-25-8-7-9-26(18-25)32-23(2)16-30(17-24(32)3)38-29-10-5-6-11-29/h7-9,12-18,29H,4-6,10-11,19-22H2,1-3H3. The van der Waals surface area contributed by atoms with Crippen LogP contribution in [-0.2, 0) is 26.3 Å². The molecule has 200 valence electrons. The number of hydrogen-bond acceptors (Lipinski definition) is 5. The van der Waals surface area contributed by atoms with E-state index >= 15 is 0 Å². The lowest BCUT2D eigenvalue weighted by atomic mass is 9.76. The predicted octanol–water partition coefficient (Wildman–Crippen LogP) is 7.09. The van der Waals surface area contributed by atoms with Crippen molar-refractivity contribution in [2.45, 2.75) is 71.0 Å². The van der Waals surface area contributed by atoms with E-state index in [1.54, 1.807) is 0 Å². The Morgan fingerprint density at radius 1 is 0.947 bits per heavy atom. The highest BCUT2D eigenvalue weighted by Crippen LogP contribution is 2.37. The van der Waals surface area contributed by atoms with Crippen molar-refractivity contribution in [3.05, 3.63) is 82.9 Å². The maximum atomic E-state index is 12.1. The molecule has 1 aliphatic carbocycles. The van der Waals surface area contributed by atoms with Gasteiger partial charge in [-0.15, -0.1) is 0 Å². The molecule has 1 heterocycles. The molecule has 3 aromatic carbocycles. The van der Waals surface area contributed by atoms with Gasteiger partial charge in [-0.1, -0.05) is 30.3 Å². The summed E-state index contributed by atoms with van der Waals surface area (Å²) in [7, 11) is 0. The van der Waals surface area contributed by atoms with Gasteiger partial charge in [0.2, 0.25) is 0 Å². The van der Waals surface area contributed by atoms with Crippen molar-refractivity contribution in [2.75, 3.05) is 19.8 Å². The minimum atomic E-state index is -0.299. The van der Waals surface area contributed by atoms with E-state index in [0.717, 1.165) is 35.5 Å². The lowest BCUT2D eigenvalue weighted by molar-refractivity contribution is -0.151. The van der Waals surface area contributed by atoms with Gasteiger partial charge >= 0.3 is 5.97 Å². The monoisotopic (exact) mass is 514 g/mol. The summed E-state index contributed by atoms with van der Waals surface area (Å²) in [6, 6.07) is 20.9. The number of rotatable bonds is 10. The van der Waals surface area contributed by atoms with Gasteiger partial charge in [0.25, 0.3) is 0 Å². The van der Waals surface area contributed by atoms with Crippen molar-refractivity contribution < 1.29 is 23.7 Å². The van der Waals surface area contributed by atoms with Gasteiger partial charge < -0.3 is 18.9 Å². The van der Waals surface area contributed by atoms with E-state index in [-0.39, 0.29) is 11.4 Å². The number of benzene rings is 3. The van der Waals surface area contributed by atoms with Crippen molar-refractivity contribution in [1.29, 1.82) is 0 Å². The van der Waals surface area contributed by atoms with Crippen LogP contribution in [0.15, 0.2) is 60.7 Å². The Morgan fingerprint density at radius 3 is 2.29 bits per heavy atom. The molecule has 1 saturated carbocycles. The van der Waals surface area contributed by atoms with Gasteiger partial charge in [0, 0.05) is 0 Å². The Labute approximate surface area is 226 Å². The first-order chi connectivity index (χ1) is 18.5. The van der Waals surface area contributed by atoms with Crippen LogP contribution in [0.3, 0.4) is 0 Å². The zero-order valence-electron chi connectivity index (χ0n) is 22.8. The molecule has 5 rings (SSSR count). The summed E-state index contributed by atoms with van der Waals surface area (Å²) in [4.78, 5) is 12.1. The van der Waals surface area contributed by atoms with E-state index in [4.69, 9.17) is 18.9 Å². The van der Waals surface area contributed by atoms with Gasteiger partial charge in [-0.2, -0.15) is 0 Å². The van der Waals surface area contributed by atoms with Gasteiger partial charge in [0.05, 0.1) is 37.8 Å². The Kier molecular flexibility index (Phi) is 8.04. The average Bonchev–Trinajstić information content (AvgIpc) is 3.38. The summed E-state index contributed by atoms with van der Waals surface area (Å²) in [5, 5.41) is 0. The van der Waals surface area contributed by atoms with Crippen LogP contribution in [0.2, 0.25) is 0 Å². The molecule has 2 fully saturated rings. The van der Waals surface area contributed by atoms with Crippen molar-refractivity contribution in [3.63, 3.8) is 0 Å². The molecule has 5 nitrogen and oxygen atoms in total. The molecule has 0 unspecified atom stereocenters. The molecule has 0 spiro atoms. The van der Waals surface area contributed by atoms with Crippen LogP contribution < -0.4 is 9.47 Å². The summed E-state index contributed by atoms with van der Waals surface area (Å²) in [5.74, 6) is 1.60. The summed E-state index contributed by atoms with van der Waals surface area (Å²) in [6.07, 6.45) is 5.55. The molecular weight excluding hydrogens is 476 g/mol. The van der Waals surface area contributed by atoms with Gasteiger partial charge in [-0.05, 0) is 110 Å². The van der Waals surface area contributed by atoms with Crippen molar-refractivity contribution in [3.8, 4) is 22.6 Å². The molecular formula is C33H38O5. The fraction of sp³-hybridized carbons (Fsp3) is 0.424. The van der Waals surface area contributed by atoms with Crippen LogP contribution in [0.25, 0.3) is 11.1 Å². The summed E-state index contributed by atoms with van der Waals surface area (Å²) in [6.45, 7) is 8.09. The Hall–Kier alpha value is -3.31. The second-order valence-corrected chi connectivity index (χ2v) is 10.7. The maximum absolute atomic E-state index is 12.1. The van der Waals surface area contributed by atoms with Crippen LogP contribution in [0.1, 0.15) is 61.3 Å². The molecule has 0 atom stereocenters. The average molecular weight is 515 g/mol. The zero-order chi connectivity index (χ0) is 26.5. The summed E-state index contributed by atoms with van der Waals surface area (Å²) < 4.78 is 23.0. The minimum absolute atomic E-state index is 0.183. The first kappa shape index (κ1) is 26.3. The van der Waals surface area contributed by atoms with Crippen LogP contribution in [-0.4, -0.2) is 31.9 Å². The van der Waals surface area contributed by atoms with E-state index in [2.05, 4.69) is 50.2 Å². The Balaban J connectivity index is 1.24. The molecule has 1 saturated heterocycles. The quantitative estimate of drug-likeness (QED) is 0.270. The molecule has 1 aliphatic heterocycles. The molecule has 0 bridgehead atoms. The molecule has 5 heteroatoms. The third-order valence-corrected chi connectivity index (χ3v) is 7.74. The molecule has 3 aromatic rings. The van der Waals surface area contributed by atoms with Crippen LogP contribution in [0.4, 0.5) is 0 Å². The minimum Gasteiger partial charge on any atom is -0.490 e. The van der Waals surface area contributed by atoms with Crippen molar-refractivity contribution >= 4 is 5.97 Å². The van der Waals surface area contributed by atoms with E-state index in [1.165, 1.54) is 35.1 Å². The van der Waals surface area contributed by atoms with Crippen LogP contribution >= 0.6 is 0 Å². The van der Waals surface area contributed by atoms with Crippen molar-refractivity contribution in [1.82, 2.24) is 0 Å². The molecule has 0 aromatic heterocycles. The first-order valence-corrected chi connectivity index (χ1v) is 13.8. The number of esters is 1. The number of hydrogen-bond donors (Lipinski definition) is 0. The van der Waals surface area contributed by atoms with Crippen LogP contribution in [0, 0.1) is 13.8 Å². The topological polar surface area (TPSA) is 54.0 Å². The van der Waals surface area contributed by atoms with Gasteiger partial charge in [0.15, 0.2) is 0 Å². The second kappa shape index (κ2) is 11.6. The van der Waals surface area contributed by atoms with Crippen LogP contribution in [0.5, 0.6) is 11.5 Å². The highest BCUT2D eigenvalue weighted by Gasteiger charge is 2.42. The highest BCUT2D eigenvalue weighted by molar-refractivity contribution is 5.73. The summed E-state index contributed by atoms with van der Waals surface area (Å²) in [5.41, 5.74) is 6.79. The Bertz CT molecular complexity index is 1230. The fourth-order valence-electron chi connectivity index (χ4n) is 5.74. The molecule has 38 heavy (non-hydrogen) atoms. The van der Waals surface area contributed by atoms with Gasteiger partial charge in [0.1, 0.15) is 18.1 Å². The van der Waals surface area contributed by atoms with E-state index in [9.17, 15) is 4.79 Å². The first-order valence-electron chi connectivity index (χ1n) is 13.8. The fourth-order valence-corrected chi connectivity index (χ4v) is 5.74. The third-order valence-electron chi connectivity index (χ3n) is 7.74. The second-order valence-electron chi connectivity index (χ2n) is 10.7. The number of aryl methyl sites for hydroxylation is 2. The third kappa shape index (κ3) is 5.88. The maximum Gasteiger partial charge on any atom is 0.306 e. The van der Waals surface area contributed by atoms with E-state index in [1.807, 2.05) is 31.2 Å². The Morgan fingerprint density at radius 2 is 1.66 bits per heavy atom. The lowest BCUT2D eigenvalue weighted by Crippen LogP contribution is -2.48. The largest absolute Gasteiger partial charge is 0.490 e. The van der Waals surface area contributed by atoms with Gasteiger partial charge in [-0.25, -0.2) is 0 Å². The SMILES string of the molecule is CCOC(=O)CC1(c2ccc(OCc3cccc(-c4c(C)cc(OC5CCCC5)cc4C)c3)cc2)COC1. The number of ether oxygens (including phenoxy) is 4. The molecule has 0 radical (unpaired) electrons. The zero-order valence-corrected chi connectivity index (χ0v) is 22.8. The number of carbonyl (C=O) groups is 1.